The van der Waals surface area contributed by atoms with Crippen molar-refractivity contribution in [2.75, 3.05) is 0 Å². The molecule has 4 rings (SSSR count). The molecule has 162 valence electrons. The van der Waals surface area contributed by atoms with Crippen molar-refractivity contribution in [1.29, 1.82) is 0 Å². The van der Waals surface area contributed by atoms with Gasteiger partial charge in [-0.3, -0.25) is 4.79 Å². The molecule has 0 aromatic heterocycles. The molecule has 0 spiro atoms. The molecule has 0 saturated carbocycles. The predicted octanol–water partition coefficient (Wildman–Crippen LogP) is 7.30. The molecule has 1 fully saturated rings. The van der Waals surface area contributed by atoms with Gasteiger partial charge in [0.2, 0.25) is 0 Å². The molecule has 1 N–H and O–H groups in total. The SMILES string of the molecule is Cc1cc(C)cc(N=C2NC(=O)C(=Cc3cc(Br)c(OCc4ccccc4)c(Br)c3)S2)c1. The van der Waals surface area contributed by atoms with Crippen molar-refractivity contribution >= 4 is 66.5 Å². The number of carbonyl (C=O) groups excluding carboxylic acids is 1. The highest BCUT2D eigenvalue weighted by Crippen LogP contribution is 2.37. The van der Waals surface area contributed by atoms with Crippen LogP contribution in [0, 0.1) is 13.8 Å². The average Bonchev–Trinajstić information content (AvgIpc) is 3.06. The Labute approximate surface area is 208 Å². The molecule has 32 heavy (non-hydrogen) atoms. The maximum atomic E-state index is 12.5. The Kier molecular flexibility index (Phi) is 7.18. The lowest BCUT2D eigenvalue weighted by Crippen LogP contribution is -2.19. The summed E-state index contributed by atoms with van der Waals surface area (Å²) in [5.74, 6) is 0.561. The van der Waals surface area contributed by atoms with Crippen LogP contribution in [0.5, 0.6) is 5.75 Å². The number of amides is 1. The molecule has 3 aromatic carbocycles. The third kappa shape index (κ3) is 5.71. The number of hydrogen-bond acceptors (Lipinski definition) is 4. The van der Waals surface area contributed by atoms with Gasteiger partial charge in [0.15, 0.2) is 5.17 Å². The van der Waals surface area contributed by atoms with Gasteiger partial charge in [-0.2, -0.15) is 0 Å². The number of amidine groups is 1. The van der Waals surface area contributed by atoms with Crippen LogP contribution in [0.1, 0.15) is 22.3 Å². The monoisotopic (exact) mass is 570 g/mol. The summed E-state index contributed by atoms with van der Waals surface area (Å²) in [6, 6.07) is 20.0. The second-order valence-corrected chi connectivity index (χ2v) is 10.2. The molecular formula is C25H20Br2N2O2S. The fourth-order valence-electron chi connectivity index (χ4n) is 3.29. The smallest absolute Gasteiger partial charge is 0.264 e. The third-order valence-electron chi connectivity index (χ3n) is 4.63. The number of carbonyl (C=O) groups is 1. The summed E-state index contributed by atoms with van der Waals surface area (Å²) in [5, 5.41) is 3.42. The van der Waals surface area contributed by atoms with E-state index in [-0.39, 0.29) is 5.91 Å². The fourth-order valence-corrected chi connectivity index (χ4v) is 5.59. The fraction of sp³-hybridized carbons (Fsp3) is 0.120. The van der Waals surface area contributed by atoms with E-state index in [1.54, 1.807) is 0 Å². The van der Waals surface area contributed by atoms with Crippen LogP contribution in [-0.2, 0) is 11.4 Å². The molecule has 0 unspecified atom stereocenters. The van der Waals surface area contributed by atoms with Crippen LogP contribution in [0.2, 0.25) is 0 Å². The van der Waals surface area contributed by atoms with Crippen LogP contribution >= 0.6 is 43.6 Å². The van der Waals surface area contributed by atoms with Gasteiger partial charge < -0.3 is 10.1 Å². The van der Waals surface area contributed by atoms with Crippen molar-refractivity contribution < 1.29 is 9.53 Å². The molecule has 1 amide bonds. The minimum absolute atomic E-state index is 0.158. The van der Waals surface area contributed by atoms with E-state index in [2.05, 4.69) is 48.2 Å². The zero-order valence-corrected chi connectivity index (χ0v) is 21.5. The lowest BCUT2D eigenvalue weighted by Gasteiger charge is -2.11. The van der Waals surface area contributed by atoms with Crippen LogP contribution in [0.3, 0.4) is 0 Å². The lowest BCUT2D eigenvalue weighted by atomic mass is 10.1. The molecule has 7 heteroatoms. The van der Waals surface area contributed by atoms with Gasteiger partial charge in [0, 0.05) is 0 Å². The summed E-state index contributed by atoms with van der Waals surface area (Å²) in [5.41, 5.74) is 5.07. The summed E-state index contributed by atoms with van der Waals surface area (Å²) in [4.78, 5) is 17.7. The van der Waals surface area contributed by atoms with Crippen LogP contribution in [0.25, 0.3) is 6.08 Å². The number of ether oxygens (including phenoxy) is 1. The Hall–Kier alpha value is -2.35. The maximum Gasteiger partial charge on any atom is 0.264 e. The van der Waals surface area contributed by atoms with Crippen molar-refractivity contribution in [3.8, 4) is 5.75 Å². The van der Waals surface area contributed by atoms with Crippen molar-refractivity contribution in [3.63, 3.8) is 0 Å². The van der Waals surface area contributed by atoms with Gasteiger partial charge in [-0.25, -0.2) is 4.99 Å². The Bertz CT molecular complexity index is 1200. The molecule has 0 radical (unpaired) electrons. The van der Waals surface area contributed by atoms with E-state index in [1.807, 2.05) is 74.5 Å². The molecule has 1 saturated heterocycles. The van der Waals surface area contributed by atoms with Gasteiger partial charge in [-0.05, 0) is 110 Å². The average molecular weight is 572 g/mol. The molecular weight excluding hydrogens is 552 g/mol. The zero-order valence-electron chi connectivity index (χ0n) is 17.5. The Morgan fingerprint density at radius 1 is 1.00 bits per heavy atom. The molecule has 3 aromatic rings. The number of nitrogens with one attached hydrogen (secondary N) is 1. The first-order chi connectivity index (χ1) is 15.4. The largest absolute Gasteiger partial charge is 0.487 e. The highest BCUT2D eigenvalue weighted by Gasteiger charge is 2.24. The van der Waals surface area contributed by atoms with Gasteiger partial charge in [-0.1, -0.05) is 36.4 Å². The van der Waals surface area contributed by atoms with Gasteiger partial charge in [0.05, 0.1) is 19.5 Å². The number of hydrogen-bond donors (Lipinski definition) is 1. The lowest BCUT2D eigenvalue weighted by molar-refractivity contribution is -0.115. The molecule has 1 heterocycles. The Morgan fingerprint density at radius 2 is 1.66 bits per heavy atom. The van der Waals surface area contributed by atoms with Crippen molar-refractivity contribution in [2.24, 2.45) is 4.99 Å². The first kappa shape index (κ1) is 22.8. The van der Waals surface area contributed by atoms with E-state index < -0.39 is 0 Å². The molecule has 0 atom stereocenters. The molecule has 4 nitrogen and oxygen atoms in total. The number of aliphatic imine (C=N–C) groups is 1. The van der Waals surface area contributed by atoms with E-state index in [0.29, 0.717) is 16.7 Å². The minimum Gasteiger partial charge on any atom is -0.487 e. The maximum absolute atomic E-state index is 12.5. The Morgan fingerprint density at radius 3 is 2.31 bits per heavy atom. The first-order valence-corrected chi connectivity index (χ1v) is 12.3. The second kappa shape index (κ2) is 10.1. The summed E-state index contributed by atoms with van der Waals surface area (Å²) < 4.78 is 7.60. The number of aryl methyl sites for hydroxylation is 2. The van der Waals surface area contributed by atoms with Crippen molar-refractivity contribution in [3.05, 3.63) is 96.8 Å². The van der Waals surface area contributed by atoms with E-state index in [0.717, 1.165) is 42.6 Å². The van der Waals surface area contributed by atoms with Gasteiger partial charge >= 0.3 is 0 Å². The molecule has 0 aliphatic carbocycles. The third-order valence-corrected chi connectivity index (χ3v) is 6.72. The Balaban J connectivity index is 1.52. The first-order valence-electron chi connectivity index (χ1n) is 9.91. The van der Waals surface area contributed by atoms with Gasteiger partial charge in [0.25, 0.3) is 5.91 Å². The van der Waals surface area contributed by atoms with E-state index in [4.69, 9.17) is 4.74 Å². The highest BCUT2D eigenvalue weighted by atomic mass is 79.9. The van der Waals surface area contributed by atoms with Crippen LogP contribution < -0.4 is 10.1 Å². The normalized spacial score (nSPS) is 15.9. The summed E-state index contributed by atoms with van der Waals surface area (Å²) in [6.07, 6.45) is 1.85. The highest BCUT2D eigenvalue weighted by molar-refractivity contribution is 9.11. The summed E-state index contributed by atoms with van der Waals surface area (Å²) in [6.45, 7) is 4.53. The molecule has 0 bridgehead atoms. The second-order valence-electron chi connectivity index (χ2n) is 7.42. The van der Waals surface area contributed by atoms with Crippen molar-refractivity contribution in [2.45, 2.75) is 20.5 Å². The van der Waals surface area contributed by atoms with Crippen LogP contribution in [0.15, 0.2) is 79.5 Å². The topological polar surface area (TPSA) is 50.7 Å². The van der Waals surface area contributed by atoms with Gasteiger partial charge in [0.1, 0.15) is 12.4 Å². The number of halogens is 2. The van der Waals surface area contributed by atoms with E-state index in [9.17, 15) is 4.79 Å². The number of thioether (sulfide) groups is 1. The predicted molar refractivity (Wildman–Crippen MR) is 139 cm³/mol. The van der Waals surface area contributed by atoms with Gasteiger partial charge in [-0.15, -0.1) is 0 Å². The number of benzene rings is 3. The van der Waals surface area contributed by atoms with Crippen LogP contribution in [-0.4, -0.2) is 11.1 Å². The molecule has 1 aliphatic rings. The quantitative estimate of drug-likeness (QED) is 0.327. The minimum atomic E-state index is -0.158. The van der Waals surface area contributed by atoms with E-state index in [1.165, 1.54) is 11.8 Å². The number of nitrogens with zero attached hydrogens (tertiary/aromatic N) is 1. The zero-order chi connectivity index (χ0) is 22.7. The standard InChI is InChI=1S/C25H20Br2N2O2S/c1-15-8-16(2)10-19(9-15)28-25-29-24(30)22(32-25)13-18-11-20(26)23(21(27)12-18)31-14-17-6-4-3-5-7-17/h3-13H,14H2,1-2H3,(H,28,29,30). The van der Waals surface area contributed by atoms with Crippen molar-refractivity contribution in [1.82, 2.24) is 5.32 Å². The number of rotatable bonds is 5. The summed E-state index contributed by atoms with van der Waals surface area (Å²) in [7, 11) is 0. The summed E-state index contributed by atoms with van der Waals surface area (Å²) >= 11 is 8.51. The molecule has 1 aliphatic heterocycles. The van der Waals surface area contributed by atoms with Crippen LogP contribution in [0.4, 0.5) is 5.69 Å². The van der Waals surface area contributed by atoms with E-state index >= 15 is 0 Å².